The highest BCUT2D eigenvalue weighted by atomic mass is 35.5. The van der Waals surface area contributed by atoms with Crippen molar-refractivity contribution in [1.29, 1.82) is 0 Å². The first-order chi connectivity index (χ1) is 9.07. The summed E-state index contributed by atoms with van der Waals surface area (Å²) in [5.41, 5.74) is 5.60. The van der Waals surface area contributed by atoms with Crippen LogP contribution in [0, 0.1) is 11.2 Å². The predicted octanol–water partition coefficient (Wildman–Crippen LogP) is 2.17. The molecule has 104 valence electrons. The molecule has 0 aromatic heterocycles. The summed E-state index contributed by atoms with van der Waals surface area (Å²) in [7, 11) is 0. The van der Waals surface area contributed by atoms with Crippen molar-refractivity contribution < 1.29 is 13.9 Å². The molecule has 1 fully saturated rings. The van der Waals surface area contributed by atoms with E-state index in [0.29, 0.717) is 31.7 Å². The van der Waals surface area contributed by atoms with Crippen LogP contribution in [0.15, 0.2) is 18.2 Å². The van der Waals surface area contributed by atoms with E-state index in [1.165, 1.54) is 18.2 Å². The minimum atomic E-state index is -0.612. The fourth-order valence-electron chi connectivity index (χ4n) is 2.12. The topological polar surface area (TPSA) is 64.4 Å². The number of carbonyl (C=O) groups is 1. The minimum absolute atomic E-state index is 0.0217. The van der Waals surface area contributed by atoms with Crippen LogP contribution in [0.25, 0.3) is 0 Å². The molecule has 3 N–H and O–H groups in total. The highest BCUT2D eigenvalue weighted by Gasteiger charge is 2.38. The predicted molar refractivity (Wildman–Crippen MR) is 71.6 cm³/mol. The largest absolute Gasteiger partial charge is 0.381 e. The van der Waals surface area contributed by atoms with Gasteiger partial charge in [-0.2, -0.15) is 0 Å². The number of ether oxygens (including phenoxy) is 1. The molecule has 1 aliphatic heterocycles. The molecule has 0 unspecified atom stereocenters. The lowest BCUT2D eigenvalue weighted by atomic mass is 9.79. The summed E-state index contributed by atoms with van der Waals surface area (Å²) in [5, 5.41) is 2.72. The van der Waals surface area contributed by atoms with Gasteiger partial charge >= 0.3 is 0 Å². The number of nitrogens with two attached hydrogens (primary N) is 1. The van der Waals surface area contributed by atoms with Gasteiger partial charge in [-0.05, 0) is 31.0 Å². The molecule has 0 bridgehead atoms. The van der Waals surface area contributed by atoms with E-state index in [9.17, 15) is 9.18 Å². The Balaban J connectivity index is 2.12. The molecule has 1 aromatic rings. The third kappa shape index (κ3) is 3.05. The van der Waals surface area contributed by atoms with Gasteiger partial charge in [0, 0.05) is 25.4 Å². The van der Waals surface area contributed by atoms with E-state index in [1.807, 2.05) is 0 Å². The third-order valence-electron chi connectivity index (χ3n) is 3.50. The first-order valence-corrected chi connectivity index (χ1v) is 6.49. The van der Waals surface area contributed by atoms with Crippen LogP contribution < -0.4 is 11.1 Å². The van der Waals surface area contributed by atoms with Crippen molar-refractivity contribution in [2.75, 3.05) is 25.1 Å². The Morgan fingerprint density at radius 1 is 1.47 bits per heavy atom. The molecule has 6 heteroatoms. The van der Waals surface area contributed by atoms with Crippen LogP contribution in [0.5, 0.6) is 0 Å². The van der Waals surface area contributed by atoms with Gasteiger partial charge in [-0.1, -0.05) is 11.6 Å². The van der Waals surface area contributed by atoms with Gasteiger partial charge in [-0.3, -0.25) is 4.79 Å². The molecule has 4 nitrogen and oxygen atoms in total. The molecule has 1 aromatic carbocycles. The van der Waals surface area contributed by atoms with Crippen LogP contribution in [0.1, 0.15) is 12.8 Å². The lowest BCUT2D eigenvalue weighted by Gasteiger charge is -2.34. The number of halogens is 2. The van der Waals surface area contributed by atoms with Crippen LogP contribution in [0.2, 0.25) is 5.02 Å². The van der Waals surface area contributed by atoms with Gasteiger partial charge in [-0.25, -0.2) is 4.39 Å². The van der Waals surface area contributed by atoms with Gasteiger partial charge in [0.1, 0.15) is 5.82 Å². The van der Waals surface area contributed by atoms with Crippen molar-refractivity contribution in [2.24, 2.45) is 11.1 Å². The van der Waals surface area contributed by atoms with Crippen molar-refractivity contribution in [3.05, 3.63) is 29.0 Å². The van der Waals surface area contributed by atoms with E-state index in [-0.39, 0.29) is 17.5 Å². The zero-order valence-corrected chi connectivity index (χ0v) is 11.2. The second kappa shape index (κ2) is 5.86. The van der Waals surface area contributed by atoms with Crippen molar-refractivity contribution in [3.63, 3.8) is 0 Å². The standard InChI is InChI=1S/C13H16ClFN2O2/c14-10-7-9(1-2-11(10)15)17-12(18)13(8-16)3-5-19-6-4-13/h1-2,7H,3-6,8,16H2,(H,17,18). The molecule has 1 amide bonds. The first kappa shape index (κ1) is 14.2. The number of nitrogens with one attached hydrogen (secondary N) is 1. The summed E-state index contributed by atoms with van der Waals surface area (Å²) < 4.78 is 18.3. The van der Waals surface area contributed by atoms with Crippen molar-refractivity contribution >= 4 is 23.2 Å². The highest BCUT2D eigenvalue weighted by Crippen LogP contribution is 2.31. The third-order valence-corrected chi connectivity index (χ3v) is 3.79. The van der Waals surface area contributed by atoms with E-state index in [0.717, 1.165) is 0 Å². The maximum Gasteiger partial charge on any atom is 0.232 e. The van der Waals surface area contributed by atoms with Gasteiger partial charge in [0.25, 0.3) is 0 Å². The molecule has 1 saturated heterocycles. The van der Waals surface area contributed by atoms with Crippen molar-refractivity contribution in [3.8, 4) is 0 Å². The van der Waals surface area contributed by atoms with E-state index in [2.05, 4.69) is 5.32 Å². The molecule has 0 radical (unpaired) electrons. The SMILES string of the molecule is NCC1(C(=O)Nc2ccc(F)c(Cl)c2)CCOCC1. The minimum Gasteiger partial charge on any atom is -0.381 e. The molecule has 2 rings (SSSR count). The number of amides is 1. The summed E-state index contributed by atoms with van der Waals surface area (Å²) >= 11 is 5.68. The molecule has 0 atom stereocenters. The number of rotatable bonds is 3. The summed E-state index contributed by atoms with van der Waals surface area (Å²) in [6.07, 6.45) is 1.18. The van der Waals surface area contributed by atoms with Crippen LogP contribution in [0.3, 0.4) is 0 Å². The van der Waals surface area contributed by atoms with Crippen LogP contribution in [-0.4, -0.2) is 25.7 Å². The van der Waals surface area contributed by atoms with E-state index >= 15 is 0 Å². The smallest absolute Gasteiger partial charge is 0.232 e. The first-order valence-electron chi connectivity index (χ1n) is 6.12. The lowest BCUT2D eigenvalue weighted by molar-refractivity contribution is -0.130. The summed E-state index contributed by atoms with van der Waals surface area (Å²) in [4.78, 5) is 12.3. The van der Waals surface area contributed by atoms with Crippen molar-refractivity contribution in [2.45, 2.75) is 12.8 Å². The maximum absolute atomic E-state index is 13.1. The van der Waals surface area contributed by atoms with E-state index in [4.69, 9.17) is 22.1 Å². The fourth-order valence-corrected chi connectivity index (χ4v) is 2.30. The Morgan fingerprint density at radius 2 is 2.16 bits per heavy atom. The normalized spacial score (nSPS) is 18.1. The zero-order chi connectivity index (χ0) is 13.9. The van der Waals surface area contributed by atoms with Gasteiger partial charge in [0.15, 0.2) is 0 Å². The van der Waals surface area contributed by atoms with Crippen molar-refractivity contribution in [1.82, 2.24) is 0 Å². The highest BCUT2D eigenvalue weighted by molar-refractivity contribution is 6.31. The summed E-state index contributed by atoms with van der Waals surface area (Å²) in [6, 6.07) is 4.08. The molecule has 19 heavy (non-hydrogen) atoms. The van der Waals surface area contributed by atoms with Crippen LogP contribution in [-0.2, 0) is 9.53 Å². The van der Waals surface area contributed by atoms with Gasteiger partial charge < -0.3 is 15.8 Å². The number of hydrogen-bond donors (Lipinski definition) is 2. The Morgan fingerprint density at radius 3 is 2.74 bits per heavy atom. The molecule has 1 aliphatic rings. The van der Waals surface area contributed by atoms with Crippen LogP contribution >= 0.6 is 11.6 Å². The molecular formula is C13H16ClFN2O2. The average molecular weight is 287 g/mol. The van der Waals surface area contributed by atoms with Gasteiger partial charge in [-0.15, -0.1) is 0 Å². The van der Waals surface area contributed by atoms with Gasteiger partial charge in [0.05, 0.1) is 10.4 Å². The monoisotopic (exact) mass is 286 g/mol. The second-order valence-electron chi connectivity index (χ2n) is 4.68. The fraction of sp³-hybridized carbons (Fsp3) is 0.462. The van der Waals surface area contributed by atoms with Gasteiger partial charge in [0.2, 0.25) is 5.91 Å². The Labute approximate surface area is 116 Å². The summed E-state index contributed by atoms with van der Waals surface area (Å²) in [5.74, 6) is -0.680. The Kier molecular flexibility index (Phi) is 4.39. The molecular weight excluding hydrogens is 271 g/mol. The molecule has 0 saturated carbocycles. The van der Waals surface area contributed by atoms with E-state index < -0.39 is 11.2 Å². The number of hydrogen-bond acceptors (Lipinski definition) is 3. The number of benzene rings is 1. The number of carbonyl (C=O) groups excluding carboxylic acids is 1. The maximum atomic E-state index is 13.1. The zero-order valence-electron chi connectivity index (χ0n) is 10.4. The second-order valence-corrected chi connectivity index (χ2v) is 5.09. The molecule has 0 aliphatic carbocycles. The quantitative estimate of drug-likeness (QED) is 0.895. The summed E-state index contributed by atoms with van der Waals surface area (Å²) in [6.45, 7) is 1.31. The Bertz CT molecular complexity index is 476. The number of anilines is 1. The van der Waals surface area contributed by atoms with Crippen LogP contribution in [0.4, 0.5) is 10.1 Å². The average Bonchev–Trinajstić information content (AvgIpc) is 2.43. The molecule has 1 heterocycles. The lowest BCUT2D eigenvalue weighted by Crippen LogP contribution is -2.46. The Hall–Kier alpha value is -1.17. The van der Waals surface area contributed by atoms with E-state index in [1.54, 1.807) is 0 Å². The molecule has 0 spiro atoms.